The second-order valence-corrected chi connectivity index (χ2v) is 7.13. The Kier molecular flexibility index (Phi) is 4.34. The molecule has 1 amide bonds. The number of hydrogen-bond donors (Lipinski definition) is 2. The molecule has 0 bridgehead atoms. The number of nitrogens with one attached hydrogen (secondary N) is 2. The number of anilines is 1. The van der Waals surface area contributed by atoms with Gasteiger partial charge in [-0.05, 0) is 31.2 Å². The van der Waals surface area contributed by atoms with Crippen LogP contribution < -0.4 is 5.32 Å². The zero-order chi connectivity index (χ0) is 19.9. The molecule has 2 N–H and O–H groups in total. The molecule has 10 heteroatoms. The third kappa shape index (κ3) is 3.46. The summed E-state index contributed by atoms with van der Waals surface area (Å²) in [7, 11) is 0. The van der Waals surface area contributed by atoms with Crippen LogP contribution in [0.3, 0.4) is 0 Å². The van der Waals surface area contributed by atoms with Crippen molar-refractivity contribution in [2.24, 2.45) is 0 Å². The van der Waals surface area contributed by atoms with Gasteiger partial charge in [-0.2, -0.15) is 13.2 Å². The van der Waals surface area contributed by atoms with Crippen molar-refractivity contribution in [3.63, 3.8) is 0 Å². The first-order valence-electron chi connectivity index (χ1n) is 8.09. The molecule has 0 fully saturated rings. The van der Waals surface area contributed by atoms with E-state index in [1.165, 1.54) is 23.5 Å². The van der Waals surface area contributed by atoms with E-state index in [0.29, 0.717) is 21.2 Å². The van der Waals surface area contributed by atoms with E-state index in [4.69, 9.17) is 0 Å². The lowest BCUT2D eigenvalue weighted by atomic mass is 10.1. The van der Waals surface area contributed by atoms with E-state index in [0.717, 1.165) is 12.1 Å². The fraction of sp³-hybridized carbons (Fsp3) is 0.111. The van der Waals surface area contributed by atoms with E-state index >= 15 is 0 Å². The van der Waals surface area contributed by atoms with Crippen molar-refractivity contribution in [3.05, 3.63) is 58.6 Å². The van der Waals surface area contributed by atoms with E-state index in [1.54, 1.807) is 25.1 Å². The largest absolute Gasteiger partial charge is 0.416 e. The number of nitrogens with zero attached hydrogens (tertiary/aromatic N) is 3. The topological polar surface area (TPSA) is 83.6 Å². The summed E-state index contributed by atoms with van der Waals surface area (Å²) >= 11 is 1.23. The number of rotatable bonds is 3. The highest BCUT2D eigenvalue weighted by molar-refractivity contribution is 7.15. The maximum Gasteiger partial charge on any atom is 0.416 e. The van der Waals surface area contributed by atoms with Crippen LogP contribution in [0.15, 0.2) is 42.5 Å². The molecule has 142 valence electrons. The molecule has 0 spiro atoms. The zero-order valence-corrected chi connectivity index (χ0v) is 15.1. The maximum atomic E-state index is 13.0. The molecule has 0 unspecified atom stereocenters. The van der Waals surface area contributed by atoms with Crippen LogP contribution in [-0.4, -0.2) is 26.1 Å². The molecule has 0 saturated carbocycles. The number of imidazole rings is 1. The van der Waals surface area contributed by atoms with Crippen LogP contribution in [-0.2, 0) is 6.18 Å². The van der Waals surface area contributed by atoms with Crippen molar-refractivity contribution in [3.8, 4) is 11.4 Å². The monoisotopic (exact) mass is 403 g/mol. The second-order valence-electron chi connectivity index (χ2n) is 5.95. The van der Waals surface area contributed by atoms with Crippen molar-refractivity contribution in [1.82, 2.24) is 20.2 Å². The summed E-state index contributed by atoms with van der Waals surface area (Å²) in [4.78, 5) is 19.9. The quantitative estimate of drug-likeness (QED) is 0.521. The number of carbonyl (C=O) groups is 1. The van der Waals surface area contributed by atoms with Crippen molar-refractivity contribution in [1.29, 1.82) is 0 Å². The van der Waals surface area contributed by atoms with Gasteiger partial charge in [0.2, 0.25) is 5.13 Å². The number of fused-ring (bicyclic) bond motifs is 1. The van der Waals surface area contributed by atoms with Gasteiger partial charge in [-0.3, -0.25) is 10.1 Å². The van der Waals surface area contributed by atoms with Crippen LogP contribution in [0.1, 0.15) is 20.9 Å². The van der Waals surface area contributed by atoms with Gasteiger partial charge in [-0.25, -0.2) is 4.98 Å². The number of aromatic amines is 1. The van der Waals surface area contributed by atoms with E-state index in [-0.39, 0.29) is 17.0 Å². The summed E-state index contributed by atoms with van der Waals surface area (Å²) in [5, 5.41) is 11.4. The second kappa shape index (κ2) is 6.71. The van der Waals surface area contributed by atoms with Crippen LogP contribution in [0.4, 0.5) is 18.3 Å². The maximum absolute atomic E-state index is 13.0. The standard InChI is InChI=1S/C18H12F3N5OS/c1-9-25-26-17(28-9)24-16(27)12-6-3-7-13-14(12)23-15(22-13)10-4-2-5-11(8-10)18(19,20)21/h2-8H,1H3,(H,22,23)(H,24,26,27). The highest BCUT2D eigenvalue weighted by Gasteiger charge is 2.30. The van der Waals surface area contributed by atoms with Crippen molar-refractivity contribution in [2.75, 3.05) is 5.32 Å². The van der Waals surface area contributed by atoms with Gasteiger partial charge in [0.15, 0.2) is 0 Å². The van der Waals surface area contributed by atoms with Crippen molar-refractivity contribution < 1.29 is 18.0 Å². The summed E-state index contributed by atoms with van der Waals surface area (Å²) < 4.78 is 38.9. The van der Waals surface area contributed by atoms with E-state index < -0.39 is 17.6 Å². The molecule has 0 atom stereocenters. The third-order valence-electron chi connectivity index (χ3n) is 3.97. The molecule has 2 aromatic heterocycles. The number of amides is 1. The van der Waals surface area contributed by atoms with Gasteiger partial charge in [-0.1, -0.05) is 29.5 Å². The minimum absolute atomic E-state index is 0.244. The lowest BCUT2D eigenvalue weighted by Gasteiger charge is -2.07. The number of benzene rings is 2. The molecule has 2 aromatic carbocycles. The first kappa shape index (κ1) is 18.1. The van der Waals surface area contributed by atoms with E-state index in [2.05, 4.69) is 25.5 Å². The number of H-pyrrole nitrogens is 1. The smallest absolute Gasteiger partial charge is 0.338 e. The number of aromatic nitrogens is 4. The molecule has 6 nitrogen and oxygen atoms in total. The molecule has 0 saturated heterocycles. The lowest BCUT2D eigenvalue weighted by molar-refractivity contribution is -0.137. The zero-order valence-electron chi connectivity index (χ0n) is 14.3. The molecule has 0 aliphatic carbocycles. The predicted octanol–water partition coefficient (Wildman–Crippen LogP) is 4.66. The first-order chi connectivity index (χ1) is 13.3. The van der Waals surface area contributed by atoms with Gasteiger partial charge in [0.1, 0.15) is 16.3 Å². The molecule has 0 aliphatic heterocycles. The summed E-state index contributed by atoms with van der Waals surface area (Å²) in [6.45, 7) is 1.77. The van der Waals surface area contributed by atoms with Gasteiger partial charge in [0, 0.05) is 5.56 Å². The average molecular weight is 403 g/mol. The van der Waals surface area contributed by atoms with Crippen LogP contribution in [0.2, 0.25) is 0 Å². The van der Waals surface area contributed by atoms with Gasteiger partial charge < -0.3 is 4.98 Å². The SMILES string of the molecule is Cc1nnc(NC(=O)c2cccc3[nH]c(-c4cccc(C(F)(F)F)c4)nc23)s1. The first-order valence-corrected chi connectivity index (χ1v) is 8.91. The van der Waals surface area contributed by atoms with Crippen molar-refractivity contribution >= 4 is 33.4 Å². The van der Waals surface area contributed by atoms with Crippen LogP contribution in [0.25, 0.3) is 22.4 Å². The Morgan fingerprint density at radius 3 is 2.64 bits per heavy atom. The average Bonchev–Trinajstić information content (AvgIpc) is 3.26. The number of para-hydroxylation sites is 1. The fourth-order valence-electron chi connectivity index (χ4n) is 2.71. The van der Waals surface area contributed by atoms with Gasteiger partial charge >= 0.3 is 6.18 Å². The molecule has 0 radical (unpaired) electrons. The Bertz CT molecular complexity index is 1180. The number of halogens is 3. The third-order valence-corrected chi connectivity index (χ3v) is 4.72. The summed E-state index contributed by atoms with van der Waals surface area (Å²) in [5.74, 6) is -0.183. The Morgan fingerprint density at radius 2 is 1.93 bits per heavy atom. The normalized spacial score (nSPS) is 11.7. The molecule has 28 heavy (non-hydrogen) atoms. The molecule has 2 heterocycles. The Balaban J connectivity index is 1.72. The highest BCUT2D eigenvalue weighted by atomic mass is 32.1. The number of hydrogen-bond acceptors (Lipinski definition) is 5. The summed E-state index contributed by atoms with van der Waals surface area (Å²) in [6.07, 6.45) is -4.45. The van der Waals surface area contributed by atoms with Gasteiger partial charge in [0.05, 0.1) is 16.6 Å². The van der Waals surface area contributed by atoms with Gasteiger partial charge in [-0.15, -0.1) is 10.2 Å². The minimum Gasteiger partial charge on any atom is -0.338 e. The number of alkyl halides is 3. The Morgan fingerprint density at radius 1 is 1.14 bits per heavy atom. The molecular formula is C18H12F3N5OS. The van der Waals surface area contributed by atoms with Crippen LogP contribution in [0.5, 0.6) is 0 Å². The summed E-state index contributed by atoms with van der Waals surface area (Å²) in [5.41, 5.74) is 0.675. The minimum atomic E-state index is -4.45. The molecular weight excluding hydrogens is 391 g/mol. The predicted molar refractivity (Wildman–Crippen MR) is 99.1 cm³/mol. The van der Waals surface area contributed by atoms with Crippen LogP contribution in [0, 0.1) is 6.92 Å². The molecule has 4 aromatic rings. The van der Waals surface area contributed by atoms with E-state index in [1.807, 2.05) is 0 Å². The Labute approximate surface area is 160 Å². The lowest BCUT2D eigenvalue weighted by Crippen LogP contribution is -2.12. The number of aryl methyl sites for hydroxylation is 1. The molecule has 0 aliphatic rings. The fourth-order valence-corrected chi connectivity index (χ4v) is 3.29. The summed E-state index contributed by atoms with van der Waals surface area (Å²) in [6, 6.07) is 9.80. The highest BCUT2D eigenvalue weighted by Crippen LogP contribution is 2.32. The Hall–Kier alpha value is -3.27. The van der Waals surface area contributed by atoms with Crippen LogP contribution >= 0.6 is 11.3 Å². The van der Waals surface area contributed by atoms with E-state index in [9.17, 15) is 18.0 Å². The molecule has 4 rings (SSSR count). The van der Waals surface area contributed by atoms with Crippen molar-refractivity contribution in [2.45, 2.75) is 13.1 Å². The number of carbonyl (C=O) groups excluding carboxylic acids is 1. The van der Waals surface area contributed by atoms with Gasteiger partial charge in [0.25, 0.3) is 5.91 Å².